The summed E-state index contributed by atoms with van der Waals surface area (Å²) in [6.45, 7) is 1.31. The van der Waals surface area contributed by atoms with Crippen LogP contribution in [0.5, 0.6) is 0 Å². The van der Waals surface area contributed by atoms with Gasteiger partial charge in [0, 0.05) is 19.8 Å². The van der Waals surface area contributed by atoms with Gasteiger partial charge in [-0.3, -0.25) is 14.4 Å². The summed E-state index contributed by atoms with van der Waals surface area (Å²) >= 11 is 0. The Hall–Kier alpha value is -1.19. The van der Waals surface area contributed by atoms with Gasteiger partial charge >= 0.3 is 5.97 Å². The fraction of sp³-hybridized carbons (Fsp3) is 0.700. The van der Waals surface area contributed by atoms with Crippen molar-refractivity contribution in [3.63, 3.8) is 0 Å². The Kier molecular flexibility index (Phi) is 1.94. The van der Waals surface area contributed by atoms with Crippen molar-refractivity contribution in [1.29, 1.82) is 0 Å². The van der Waals surface area contributed by atoms with Crippen molar-refractivity contribution < 1.29 is 19.1 Å². The van der Waals surface area contributed by atoms with Gasteiger partial charge in [-0.2, -0.15) is 0 Å². The topological polar surface area (TPSA) is 60.4 Å². The SMILES string of the molecule is CC(=O)OC12CCC(C(=O)C1)C(=O)C2. The largest absolute Gasteiger partial charge is 0.458 e. The molecule has 0 saturated heterocycles. The number of Topliss-reactive ketones (excluding diaryl/α,β-unsaturated/α-hetero) is 2. The molecule has 76 valence electrons. The first kappa shape index (κ1) is 9.37. The maximum Gasteiger partial charge on any atom is 0.303 e. The van der Waals surface area contributed by atoms with E-state index in [9.17, 15) is 14.4 Å². The summed E-state index contributed by atoms with van der Waals surface area (Å²) in [6, 6.07) is 0. The minimum absolute atomic E-state index is 0.0613. The zero-order valence-corrected chi connectivity index (χ0v) is 8.04. The Balaban J connectivity index is 2.23. The van der Waals surface area contributed by atoms with Crippen molar-refractivity contribution in [2.24, 2.45) is 5.92 Å². The number of carbonyl (C=O) groups excluding carboxylic acids is 3. The van der Waals surface area contributed by atoms with Crippen LogP contribution >= 0.6 is 0 Å². The molecule has 0 amide bonds. The highest BCUT2D eigenvalue weighted by Crippen LogP contribution is 2.42. The van der Waals surface area contributed by atoms with Crippen molar-refractivity contribution in [1.82, 2.24) is 0 Å². The van der Waals surface area contributed by atoms with Gasteiger partial charge in [-0.05, 0) is 12.8 Å². The second kappa shape index (κ2) is 2.90. The summed E-state index contributed by atoms with van der Waals surface area (Å²) < 4.78 is 5.13. The summed E-state index contributed by atoms with van der Waals surface area (Å²) in [7, 11) is 0. The predicted molar refractivity (Wildman–Crippen MR) is 46.5 cm³/mol. The van der Waals surface area contributed by atoms with E-state index in [2.05, 4.69) is 0 Å². The van der Waals surface area contributed by atoms with Crippen LogP contribution in [0.25, 0.3) is 0 Å². The minimum atomic E-state index is -0.797. The van der Waals surface area contributed by atoms with Crippen LogP contribution in [0.15, 0.2) is 0 Å². The first-order valence-electron chi connectivity index (χ1n) is 4.77. The van der Waals surface area contributed by atoms with Gasteiger partial charge in [0.15, 0.2) is 0 Å². The Morgan fingerprint density at radius 1 is 1.36 bits per heavy atom. The van der Waals surface area contributed by atoms with Gasteiger partial charge < -0.3 is 4.74 Å². The van der Waals surface area contributed by atoms with Gasteiger partial charge in [0.25, 0.3) is 0 Å². The Morgan fingerprint density at radius 3 is 2.36 bits per heavy atom. The molecular formula is C10H12O4. The normalized spacial score (nSPS) is 35.9. The lowest BCUT2D eigenvalue weighted by Gasteiger charge is -2.43. The van der Waals surface area contributed by atoms with E-state index in [1.165, 1.54) is 6.92 Å². The second-order valence-electron chi connectivity index (χ2n) is 4.15. The van der Waals surface area contributed by atoms with Gasteiger partial charge in [0.2, 0.25) is 0 Å². The van der Waals surface area contributed by atoms with E-state index in [-0.39, 0.29) is 24.4 Å². The number of hydrogen-bond donors (Lipinski definition) is 0. The number of fused-ring (bicyclic) bond motifs is 3. The van der Waals surface area contributed by atoms with Crippen LogP contribution in [0.4, 0.5) is 0 Å². The monoisotopic (exact) mass is 196 g/mol. The molecule has 0 aromatic carbocycles. The molecule has 0 aromatic rings. The Morgan fingerprint density at radius 2 is 1.93 bits per heavy atom. The maximum absolute atomic E-state index is 11.4. The quantitative estimate of drug-likeness (QED) is 0.456. The van der Waals surface area contributed by atoms with Crippen LogP contribution in [-0.4, -0.2) is 23.1 Å². The van der Waals surface area contributed by atoms with Crippen molar-refractivity contribution in [2.45, 2.75) is 38.2 Å². The number of rotatable bonds is 1. The number of hydrogen-bond acceptors (Lipinski definition) is 4. The summed E-state index contributed by atoms with van der Waals surface area (Å²) in [5, 5.41) is 0. The number of ketones is 2. The van der Waals surface area contributed by atoms with E-state index in [1.807, 2.05) is 0 Å². The Labute approximate surface area is 81.6 Å². The highest BCUT2D eigenvalue weighted by atomic mass is 16.6. The number of ether oxygens (including phenoxy) is 1. The molecule has 3 aliphatic rings. The van der Waals surface area contributed by atoms with Crippen molar-refractivity contribution in [3.05, 3.63) is 0 Å². The first-order valence-corrected chi connectivity index (χ1v) is 4.77. The third-order valence-corrected chi connectivity index (χ3v) is 3.02. The van der Waals surface area contributed by atoms with E-state index in [0.29, 0.717) is 12.8 Å². The third kappa shape index (κ3) is 1.35. The molecule has 4 heteroatoms. The molecule has 0 heterocycles. The molecule has 0 spiro atoms. The average molecular weight is 196 g/mol. The number of carbonyl (C=O) groups is 3. The fourth-order valence-corrected chi connectivity index (χ4v) is 2.46. The summed E-state index contributed by atoms with van der Waals surface area (Å²) in [6.07, 6.45) is 1.64. The third-order valence-electron chi connectivity index (χ3n) is 3.02. The van der Waals surface area contributed by atoms with E-state index in [0.717, 1.165) is 0 Å². The van der Waals surface area contributed by atoms with Gasteiger partial charge in [0.1, 0.15) is 17.2 Å². The van der Waals surface area contributed by atoms with E-state index < -0.39 is 17.5 Å². The van der Waals surface area contributed by atoms with Gasteiger partial charge in [0.05, 0.1) is 5.92 Å². The zero-order chi connectivity index (χ0) is 10.3. The van der Waals surface area contributed by atoms with Crippen molar-refractivity contribution >= 4 is 17.5 Å². The van der Waals surface area contributed by atoms with Crippen molar-refractivity contribution in [3.8, 4) is 0 Å². The van der Waals surface area contributed by atoms with Crippen molar-refractivity contribution in [2.75, 3.05) is 0 Å². The highest BCUT2D eigenvalue weighted by Gasteiger charge is 2.52. The molecule has 3 fully saturated rings. The van der Waals surface area contributed by atoms with Crippen LogP contribution in [0.2, 0.25) is 0 Å². The molecule has 2 bridgehead atoms. The minimum Gasteiger partial charge on any atom is -0.458 e. The summed E-state index contributed by atoms with van der Waals surface area (Å²) in [4.78, 5) is 33.7. The van der Waals surface area contributed by atoms with Crippen LogP contribution in [0.3, 0.4) is 0 Å². The van der Waals surface area contributed by atoms with Crippen LogP contribution in [0, 0.1) is 5.92 Å². The zero-order valence-electron chi connectivity index (χ0n) is 8.04. The lowest BCUT2D eigenvalue weighted by atomic mass is 9.66. The lowest BCUT2D eigenvalue weighted by molar-refractivity contribution is -0.173. The first-order chi connectivity index (χ1) is 6.52. The molecule has 0 aliphatic heterocycles. The van der Waals surface area contributed by atoms with Gasteiger partial charge in [-0.15, -0.1) is 0 Å². The molecule has 4 nitrogen and oxygen atoms in total. The molecule has 0 N–H and O–H groups in total. The van der Waals surface area contributed by atoms with E-state index in [4.69, 9.17) is 4.74 Å². The lowest BCUT2D eigenvalue weighted by Crippen LogP contribution is -2.52. The molecule has 3 rings (SSSR count). The Bertz CT molecular complexity index is 295. The second-order valence-corrected chi connectivity index (χ2v) is 4.15. The number of esters is 1. The molecule has 0 radical (unpaired) electrons. The molecule has 3 aliphatic carbocycles. The van der Waals surface area contributed by atoms with Gasteiger partial charge in [-0.1, -0.05) is 0 Å². The van der Waals surface area contributed by atoms with Crippen LogP contribution in [0.1, 0.15) is 32.6 Å². The van der Waals surface area contributed by atoms with Crippen LogP contribution in [-0.2, 0) is 19.1 Å². The summed E-state index contributed by atoms with van der Waals surface area (Å²) in [5.74, 6) is -0.944. The maximum atomic E-state index is 11.4. The molecule has 3 saturated carbocycles. The molecule has 0 aromatic heterocycles. The van der Waals surface area contributed by atoms with Gasteiger partial charge in [-0.25, -0.2) is 0 Å². The molecule has 0 atom stereocenters. The predicted octanol–water partition coefficient (Wildman–Crippen LogP) is 0.630. The van der Waals surface area contributed by atoms with Crippen LogP contribution < -0.4 is 0 Å². The van der Waals surface area contributed by atoms with E-state index in [1.54, 1.807) is 0 Å². The molecule has 14 heavy (non-hydrogen) atoms. The molecule has 0 unspecified atom stereocenters. The standard InChI is InChI=1S/C10H12O4/c1-6(11)14-10-3-2-7(8(12)4-10)9(13)5-10/h7H,2-5H2,1H3. The summed E-state index contributed by atoms with van der Waals surface area (Å²) in [5.41, 5.74) is -0.797. The average Bonchev–Trinajstić information content (AvgIpc) is 2.00. The smallest absolute Gasteiger partial charge is 0.303 e. The van der Waals surface area contributed by atoms with E-state index >= 15 is 0 Å². The molecular weight excluding hydrogens is 184 g/mol. The fourth-order valence-electron chi connectivity index (χ4n) is 2.46. The highest BCUT2D eigenvalue weighted by molar-refractivity contribution is 6.06.